The molecule has 0 spiro atoms. The van der Waals surface area contributed by atoms with Gasteiger partial charge < -0.3 is 0 Å². The lowest BCUT2D eigenvalue weighted by molar-refractivity contribution is -0.136. The Hall–Kier alpha value is -1.33. The maximum absolute atomic E-state index is 12.1. The highest BCUT2D eigenvalue weighted by atomic mass is 19.4. The van der Waals surface area contributed by atoms with Crippen LogP contribution >= 0.6 is 0 Å². The molecule has 1 aromatic carbocycles. The highest BCUT2D eigenvalue weighted by molar-refractivity contribution is 6.33. The SMILES string of the molecule is [B]c1ccc(N=O)cc1C(F)(F)F. The van der Waals surface area contributed by atoms with Crippen LogP contribution in [0, 0.1) is 4.91 Å². The van der Waals surface area contributed by atoms with Gasteiger partial charge in [0.15, 0.2) is 0 Å². The summed E-state index contributed by atoms with van der Waals surface area (Å²) < 4.78 is 36.4. The Bertz CT molecular complexity index is 337. The Morgan fingerprint density at radius 3 is 2.38 bits per heavy atom. The Morgan fingerprint density at radius 1 is 1.31 bits per heavy atom. The second-order valence-corrected chi connectivity index (χ2v) is 2.36. The molecule has 0 fully saturated rings. The van der Waals surface area contributed by atoms with E-state index in [0.29, 0.717) is 6.07 Å². The summed E-state index contributed by atoms with van der Waals surface area (Å²) >= 11 is 0. The van der Waals surface area contributed by atoms with Gasteiger partial charge in [0.1, 0.15) is 13.5 Å². The molecule has 0 N–H and O–H groups in total. The van der Waals surface area contributed by atoms with Gasteiger partial charge in [-0.05, 0) is 17.3 Å². The summed E-state index contributed by atoms with van der Waals surface area (Å²) in [6.07, 6.45) is -4.55. The molecule has 13 heavy (non-hydrogen) atoms. The van der Waals surface area contributed by atoms with Crippen molar-refractivity contribution < 1.29 is 13.2 Å². The molecule has 0 amide bonds. The van der Waals surface area contributed by atoms with E-state index in [-0.39, 0.29) is 5.69 Å². The average molecular weight is 185 g/mol. The minimum atomic E-state index is -4.55. The number of nitroso groups, excluding NO2 is 1. The van der Waals surface area contributed by atoms with E-state index in [9.17, 15) is 18.1 Å². The van der Waals surface area contributed by atoms with Crippen molar-refractivity contribution in [2.24, 2.45) is 5.18 Å². The molecule has 1 rings (SSSR count). The van der Waals surface area contributed by atoms with Crippen molar-refractivity contribution >= 4 is 19.0 Å². The largest absolute Gasteiger partial charge is 0.415 e. The monoisotopic (exact) mass is 185 g/mol. The number of benzene rings is 1. The fourth-order valence-corrected chi connectivity index (χ4v) is 0.847. The van der Waals surface area contributed by atoms with Crippen LogP contribution in [0.5, 0.6) is 0 Å². The van der Waals surface area contributed by atoms with E-state index in [0.717, 1.165) is 12.1 Å². The molecule has 0 aromatic heterocycles. The van der Waals surface area contributed by atoms with Crippen molar-refractivity contribution in [1.82, 2.24) is 0 Å². The number of nitrogens with zero attached hydrogens (tertiary/aromatic N) is 1. The molecule has 0 unspecified atom stereocenters. The van der Waals surface area contributed by atoms with Crippen LogP contribution in [0.15, 0.2) is 23.4 Å². The third-order valence-corrected chi connectivity index (χ3v) is 1.45. The zero-order valence-corrected chi connectivity index (χ0v) is 6.30. The second-order valence-electron chi connectivity index (χ2n) is 2.36. The van der Waals surface area contributed by atoms with E-state index in [1.54, 1.807) is 0 Å². The van der Waals surface area contributed by atoms with Crippen LogP contribution < -0.4 is 5.46 Å². The molecule has 0 heterocycles. The van der Waals surface area contributed by atoms with Crippen molar-refractivity contribution in [3.8, 4) is 0 Å². The Labute approximate surface area is 73.1 Å². The maximum Gasteiger partial charge on any atom is 0.415 e. The predicted molar refractivity (Wildman–Crippen MR) is 42.3 cm³/mol. The molecule has 0 aliphatic heterocycles. The van der Waals surface area contributed by atoms with Gasteiger partial charge in [0, 0.05) is 0 Å². The van der Waals surface area contributed by atoms with Crippen LogP contribution in [0.3, 0.4) is 0 Å². The summed E-state index contributed by atoms with van der Waals surface area (Å²) in [5, 5.41) is 2.38. The highest BCUT2D eigenvalue weighted by Gasteiger charge is 2.32. The van der Waals surface area contributed by atoms with Gasteiger partial charge >= 0.3 is 6.18 Å². The number of alkyl halides is 3. The van der Waals surface area contributed by atoms with Crippen LogP contribution in [0.1, 0.15) is 5.56 Å². The molecule has 1 aromatic rings. The number of hydrogen-bond acceptors (Lipinski definition) is 2. The minimum Gasteiger partial charge on any atom is -0.166 e. The molecule has 0 atom stereocenters. The fourth-order valence-electron chi connectivity index (χ4n) is 0.847. The summed E-state index contributed by atoms with van der Waals surface area (Å²) in [5.41, 5.74) is -1.74. The van der Waals surface area contributed by atoms with Crippen molar-refractivity contribution in [1.29, 1.82) is 0 Å². The number of rotatable bonds is 1. The number of halogens is 3. The number of hydrogen-bond donors (Lipinski definition) is 0. The third kappa shape index (κ3) is 2.08. The van der Waals surface area contributed by atoms with Gasteiger partial charge in [-0.1, -0.05) is 11.5 Å². The van der Waals surface area contributed by atoms with Crippen LogP contribution in [-0.2, 0) is 6.18 Å². The Morgan fingerprint density at radius 2 is 1.92 bits per heavy atom. The lowest BCUT2D eigenvalue weighted by Crippen LogP contribution is -2.19. The van der Waals surface area contributed by atoms with Gasteiger partial charge in [0.05, 0.1) is 5.56 Å². The van der Waals surface area contributed by atoms with Crippen molar-refractivity contribution in [3.05, 3.63) is 28.7 Å². The van der Waals surface area contributed by atoms with Crippen molar-refractivity contribution in [2.75, 3.05) is 0 Å². The Kier molecular flexibility index (Phi) is 2.40. The van der Waals surface area contributed by atoms with E-state index >= 15 is 0 Å². The highest BCUT2D eigenvalue weighted by Crippen LogP contribution is 2.29. The first-order chi connectivity index (χ1) is 5.95. The molecule has 6 heteroatoms. The molecule has 0 aliphatic rings. The standard InChI is InChI=1S/C7H3BF3NO/c8-6-2-1-4(12-13)3-5(6)7(9,10)11/h1-3H. The summed E-state index contributed by atoms with van der Waals surface area (Å²) in [6.45, 7) is 0. The lowest BCUT2D eigenvalue weighted by Gasteiger charge is -2.09. The minimum absolute atomic E-state index is 0.290. The molecule has 2 radical (unpaired) electrons. The summed E-state index contributed by atoms with van der Waals surface area (Å²) in [4.78, 5) is 9.94. The Balaban J connectivity index is 3.27. The third-order valence-electron chi connectivity index (χ3n) is 1.45. The molecular weight excluding hydrogens is 182 g/mol. The smallest absolute Gasteiger partial charge is 0.166 e. The van der Waals surface area contributed by atoms with Gasteiger partial charge in [0.25, 0.3) is 0 Å². The zero-order valence-electron chi connectivity index (χ0n) is 6.30. The van der Waals surface area contributed by atoms with Gasteiger partial charge in [-0.3, -0.25) is 0 Å². The molecular formula is C7H3BF3NO. The molecule has 66 valence electrons. The van der Waals surface area contributed by atoms with Gasteiger partial charge in [-0.25, -0.2) is 0 Å². The van der Waals surface area contributed by atoms with Crippen molar-refractivity contribution in [2.45, 2.75) is 6.18 Å². The van der Waals surface area contributed by atoms with E-state index < -0.39 is 17.2 Å². The molecule has 0 aliphatic carbocycles. The maximum atomic E-state index is 12.1. The van der Waals surface area contributed by atoms with E-state index in [1.807, 2.05) is 0 Å². The lowest BCUT2D eigenvalue weighted by atomic mass is 9.90. The molecule has 0 saturated heterocycles. The summed E-state index contributed by atoms with van der Waals surface area (Å²) in [6, 6.07) is 2.74. The summed E-state index contributed by atoms with van der Waals surface area (Å²) in [7, 11) is 5.07. The zero-order chi connectivity index (χ0) is 10.1. The molecule has 0 saturated carbocycles. The average Bonchev–Trinajstić information content (AvgIpc) is 2.03. The van der Waals surface area contributed by atoms with Crippen LogP contribution in [-0.4, -0.2) is 7.85 Å². The fraction of sp³-hybridized carbons (Fsp3) is 0.143. The van der Waals surface area contributed by atoms with Crippen molar-refractivity contribution in [3.63, 3.8) is 0 Å². The first-order valence-corrected chi connectivity index (χ1v) is 3.25. The predicted octanol–water partition coefficient (Wildman–Crippen LogP) is 1.90. The molecule has 0 bridgehead atoms. The van der Waals surface area contributed by atoms with Gasteiger partial charge in [-0.15, -0.1) is 4.91 Å². The summed E-state index contributed by atoms with van der Waals surface area (Å²) in [5.74, 6) is 0. The second kappa shape index (κ2) is 3.20. The topological polar surface area (TPSA) is 29.4 Å². The van der Waals surface area contributed by atoms with Crippen LogP contribution in [0.4, 0.5) is 18.9 Å². The first-order valence-electron chi connectivity index (χ1n) is 3.25. The van der Waals surface area contributed by atoms with Crippen LogP contribution in [0.25, 0.3) is 0 Å². The normalized spacial score (nSPS) is 11.3. The molecule has 2 nitrogen and oxygen atoms in total. The first kappa shape index (κ1) is 9.76. The van der Waals surface area contributed by atoms with Gasteiger partial charge in [0.2, 0.25) is 0 Å². The van der Waals surface area contributed by atoms with E-state index in [1.165, 1.54) is 0 Å². The van der Waals surface area contributed by atoms with E-state index in [4.69, 9.17) is 7.85 Å². The quantitative estimate of drug-likeness (QED) is 0.485. The van der Waals surface area contributed by atoms with Gasteiger partial charge in [-0.2, -0.15) is 13.2 Å². The van der Waals surface area contributed by atoms with E-state index in [2.05, 4.69) is 5.18 Å². The van der Waals surface area contributed by atoms with Crippen LogP contribution in [0.2, 0.25) is 0 Å².